The van der Waals surface area contributed by atoms with Crippen molar-refractivity contribution in [3.05, 3.63) is 45.7 Å². The number of hydrogen-bond acceptors (Lipinski definition) is 5. The highest BCUT2D eigenvalue weighted by Crippen LogP contribution is 2.36. The van der Waals surface area contributed by atoms with Crippen LogP contribution in [0.2, 0.25) is 0 Å². The smallest absolute Gasteiger partial charge is 0.343 e. The summed E-state index contributed by atoms with van der Waals surface area (Å²) < 4.78 is 0. The average molecular weight is 353 g/mol. The number of thioether (sulfide) groups is 2. The van der Waals surface area contributed by atoms with Gasteiger partial charge in [0, 0.05) is 18.6 Å². The summed E-state index contributed by atoms with van der Waals surface area (Å²) in [5.74, 6) is -0.0571. The molecule has 0 aliphatic carbocycles. The van der Waals surface area contributed by atoms with E-state index in [-0.39, 0.29) is 15.7 Å². The first-order valence-corrected chi connectivity index (χ1v) is 9.14. The van der Waals surface area contributed by atoms with Crippen molar-refractivity contribution in [2.24, 2.45) is 0 Å². The molecule has 124 valence electrons. The molecule has 0 fully saturated rings. The van der Waals surface area contributed by atoms with Crippen molar-refractivity contribution < 1.29 is 19.8 Å². The Morgan fingerprint density at radius 3 is 2.26 bits per heavy atom. The molecule has 23 heavy (non-hydrogen) atoms. The molecule has 0 aromatic heterocycles. The minimum absolute atomic E-state index is 0.0968. The Kier molecular flexibility index (Phi) is 6.15. The van der Waals surface area contributed by atoms with E-state index >= 15 is 0 Å². The van der Waals surface area contributed by atoms with Gasteiger partial charge in [-0.25, -0.2) is 4.79 Å². The summed E-state index contributed by atoms with van der Waals surface area (Å²) in [5.41, 5.74) is 0.720. The number of amides is 1. The van der Waals surface area contributed by atoms with Crippen molar-refractivity contribution in [1.82, 2.24) is 4.90 Å². The number of carbonyl (C=O) groups excluding carboxylic acids is 1. The lowest BCUT2D eigenvalue weighted by Gasteiger charge is -2.30. The van der Waals surface area contributed by atoms with Crippen molar-refractivity contribution in [1.29, 1.82) is 0 Å². The maximum Gasteiger partial charge on any atom is 0.343 e. The highest BCUT2D eigenvalue weighted by Gasteiger charge is 2.31. The van der Waals surface area contributed by atoms with E-state index in [1.165, 1.54) is 28.4 Å². The molecule has 1 heterocycles. The van der Waals surface area contributed by atoms with Crippen LogP contribution < -0.4 is 0 Å². The molecule has 0 saturated carbocycles. The van der Waals surface area contributed by atoms with Crippen LogP contribution in [0.25, 0.3) is 0 Å². The second kappa shape index (κ2) is 7.90. The summed E-state index contributed by atoms with van der Waals surface area (Å²) in [5, 5.41) is 19.7. The fourth-order valence-corrected chi connectivity index (χ4v) is 4.48. The number of benzene rings is 1. The normalized spacial score (nSPS) is 17.5. The van der Waals surface area contributed by atoms with Crippen LogP contribution >= 0.6 is 23.5 Å². The van der Waals surface area contributed by atoms with Gasteiger partial charge >= 0.3 is 5.97 Å². The van der Waals surface area contributed by atoms with Gasteiger partial charge in [0.25, 0.3) is 5.91 Å². The van der Waals surface area contributed by atoms with Gasteiger partial charge in [0.05, 0.1) is 17.1 Å². The van der Waals surface area contributed by atoms with E-state index in [0.717, 1.165) is 5.56 Å². The largest absolute Gasteiger partial charge is 0.477 e. The predicted molar refractivity (Wildman–Crippen MR) is 93.2 cm³/mol. The number of hydrogen-bond donors (Lipinski definition) is 2. The summed E-state index contributed by atoms with van der Waals surface area (Å²) in [4.78, 5) is 25.7. The molecule has 2 atom stereocenters. The molecule has 0 unspecified atom stereocenters. The third-order valence-electron chi connectivity index (χ3n) is 3.70. The summed E-state index contributed by atoms with van der Waals surface area (Å²) in [7, 11) is 1.59. The fraction of sp³-hybridized carbons (Fsp3) is 0.375. The van der Waals surface area contributed by atoms with Gasteiger partial charge in [-0.15, -0.1) is 23.5 Å². The predicted octanol–water partition coefficient (Wildman–Crippen LogP) is 2.34. The first-order valence-electron chi connectivity index (χ1n) is 7.16. The lowest BCUT2D eigenvalue weighted by Crippen LogP contribution is -2.40. The van der Waals surface area contributed by atoms with Crippen LogP contribution in [0.5, 0.6) is 0 Å². The number of likely N-dealkylation sites (N-methyl/N-ethyl adjacent to an activating group) is 1. The Hall–Kier alpha value is -1.44. The number of aliphatic hydroxyl groups excluding tert-OH is 1. The Morgan fingerprint density at radius 2 is 1.70 bits per heavy atom. The highest BCUT2D eigenvalue weighted by atomic mass is 32.2. The van der Waals surface area contributed by atoms with E-state index in [1.54, 1.807) is 26.1 Å². The van der Waals surface area contributed by atoms with E-state index in [4.69, 9.17) is 0 Å². The van der Waals surface area contributed by atoms with Crippen LogP contribution in [0, 0.1) is 0 Å². The van der Waals surface area contributed by atoms with Gasteiger partial charge < -0.3 is 15.1 Å². The lowest BCUT2D eigenvalue weighted by molar-refractivity contribution is -0.133. The maximum atomic E-state index is 12.6. The zero-order chi connectivity index (χ0) is 17.0. The molecule has 1 aliphatic rings. The van der Waals surface area contributed by atoms with Crippen molar-refractivity contribution in [3.8, 4) is 0 Å². The topological polar surface area (TPSA) is 77.8 Å². The van der Waals surface area contributed by atoms with Gasteiger partial charge in [0.1, 0.15) is 4.91 Å². The van der Waals surface area contributed by atoms with Crippen molar-refractivity contribution in [2.45, 2.75) is 19.1 Å². The molecular formula is C16H19NO4S2. The molecule has 1 aromatic rings. The maximum absolute atomic E-state index is 12.6. The van der Waals surface area contributed by atoms with Gasteiger partial charge in [0.2, 0.25) is 0 Å². The monoisotopic (exact) mass is 353 g/mol. The molecule has 0 spiro atoms. The molecule has 1 aliphatic heterocycles. The van der Waals surface area contributed by atoms with Crippen LogP contribution in [-0.4, -0.2) is 51.6 Å². The SMILES string of the molecule is C[C@H]([C@H](O)c1ccccc1)N(C)C(=O)C1=C(C(=O)O)SCCS1. The number of carbonyl (C=O) groups is 2. The van der Waals surface area contributed by atoms with Gasteiger partial charge in [-0.1, -0.05) is 30.3 Å². The van der Waals surface area contributed by atoms with Crippen LogP contribution in [0.3, 0.4) is 0 Å². The van der Waals surface area contributed by atoms with E-state index < -0.39 is 18.1 Å². The minimum Gasteiger partial charge on any atom is -0.477 e. The second-order valence-corrected chi connectivity index (χ2v) is 7.38. The van der Waals surface area contributed by atoms with Crippen LogP contribution in [0.1, 0.15) is 18.6 Å². The van der Waals surface area contributed by atoms with E-state index in [0.29, 0.717) is 11.5 Å². The molecule has 1 aromatic carbocycles. The van der Waals surface area contributed by atoms with Crippen molar-refractivity contribution in [2.75, 3.05) is 18.6 Å². The van der Waals surface area contributed by atoms with Gasteiger partial charge in [-0.05, 0) is 12.5 Å². The second-order valence-electron chi connectivity index (χ2n) is 5.17. The molecule has 0 saturated heterocycles. The van der Waals surface area contributed by atoms with Crippen molar-refractivity contribution >= 4 is 35.4 Å². The number of aliphatic hydroxyl groups is 1. The Morgan fingerprint density at radius 1 is 1.13 bits per heavy atom. The summed E-state index contributed by atoms with van der Waals surface area (Å²) in [6, 6.07) is 8.63. The molecule has 2 N–H and O–H groups in total. The molecule has 5 nitrogen and oxygen atoms in total. The third-order valence-corrected chi connectivity index (χ3v) is 6.24. The molecule has 1 amide bonds. The van der Waals surface area contributed by atoms with E-state index in [1.807, 2.05) is 18.2 Å². The standard InChI is InChI=1S/C16H19NO4S2/c1-10(12(18)11-6-4-3-5-7-11)17(2)15(19)13-14(16(20)21)23-9-8-22-13/h3-7,10,12,18H,8-9H2,1-2H3,(H,20,21)/t10-,12+/m1/s1. The molecule has 0 radical (unpaired) electrons. The number of aliphatic carboxylic acids is 1. The summed E-state index contributed by atoms with van der Waals surface area (Å²) >= 11 is 2.46. The number of carboxylic acids is 1. The summed E-state index contributed by atoms with van der Waals surface area (Å²) in [6.45, 7) is 1.75. The number of carboxylic acid groups (broad SMARTS) is 1. The zero-order valence-electron chi connectivity index (χ0n) is 12.9. The minimum atomic E-state index is -1.07. The van der Waals surface area contributed by atoms with E-state index in [9.17, 15) is 19.8 Å². The number of nitrogens with zero attached hydrogens (tertiary/aromatic N) is 1. The molecule has 2 rings (SSSR count). The number of rotatable bonds is 5. The zero-order valence-corrected chi connectivity index (χ0v) is 14.6. The van der Waals surface area contributed by atoms with Crippen molar-refractivity contribution in [3.63, 3.8) is 0 Å². The van der Waals surface area contributed by atoms with Crippen LogP contribution in [0.15, 0.2) is 40.1 Å². The lowest BCUT2D eigenvalue weighted by atomic mass is 10.0. The first-order chi connectivity index (χ1) is 10.9. The average Bonchev–Trinajstić information content (AvgIpc) is 2.59. The van der Waals surface area contributed by atoms with Crippen LogP contribution in [0.4, 0.5) is 0 Å². The van der Waals surface area contributed by atoms with Gasteiger partial charge in [-0.2, -0.15) is 0 Å². The Balaban J connectivity index is 2.20. The third kappa shape index (κ3) is 4.10. The highest BCUT2D eigenvalue weighted by molar-refractivity contribution is 8.11. The fourth-order valence-electron chi connectivity index (χ4n) is 2.22. The van der Waals surface area contributed by atoms with E-state index in [2.05, 4.69) is 0 Å². The Bertz CT molecular complexity index is 618. The van der Waals surface area contributed by atoms with Gasteiger partial charge in [-0.3, -0.25) is 4.79 Å². The molecule has 7 heteroatoms. The quantitative estimate of drug-likeness (QED) is 0.846. The van der Waals surface area contributed by atoms with Crippen LogP contribution in [-0.2, 0) is 9.59 Å². The molecular weight excluding hydrogens is 334 g/mol. The van der Waals surface area contributed by atoms with Gasteiger partial charge in [0.15, 0.2) is 0 Å². The Labute approximate surface area is 143 Å². The first kappa shape index (κ1) is 17.9. The molecule has 0 bridgehead atoms. The summed E-state index contributed by atoms with van der Waals surface area (Å²) in [6.07, 6.45) is -0.833.